The molecule has 1 saturated carbocycles. The third kappa shape index (κ3) is 4.63. The van der Waals surface area contributed by atoms with Gasteiger partial charge in [0.1, 0.15) is 12.1 Å². The van der Waals surface area contributed by atoms with E-state index < -0.39 is 6.10 Å². The van der Waals surface area contributed by atoms with Crippen molar-refractivity contribution in [2.75, 3.05) is 32.7 Å². The minimum Gasteiger partial charge on any atom is -0.481 e. The van der Waals surface area contributed by atoms with Crippen molar-refractivity contribution in [2.45, 2.75) is 32.3 Å². The number of amides is 1. The molecule has 0 N–H and O–H groups in total. The van der Waals surface area contributed by atoms with Crippen molar-refractivity contribution >= 4 is 5.91 Å². The standard InChI is InChI=1S/C19H26N6O2/c1-15(27-18-7-5-17(6-8-18)25-14-20-21-22-25)19(26)24-10-2-9-23(11-12-24)13-16-3-4-16/h5-8,14-16H,2-4,9-13H2,1H3. The van der Waals surface area contributed by atoms with Gasteiger partial charge in [-0.1, -0.05) is 0 Å². The molecule has 1 saturated heterocycles. The van der Waals surface area contributed by atoms with Gasteiger partial charge in [0, 0.05) is 26.2 Å². The Labute approximate surface area is 159 Å². The number of carbonyl (C=O) groups is 1. The minimum absolute atomic E-state index is 0.0628. The van der Waals surface area contributed by atoms with Crippen LogP contribution in [-0.2, 0) is 4.79 Å². The van der Waals surface area contributed by atoms with Gasteiger partial charge >= 0.3 is 0 Å². The fourth-order valence-corrected chi connectivity index (χ4v) is 3.51. The van der Waals surface area contributed by atoms with Gasteiger partial charge in [-0.3, -0.25) is 4.79 Å². The number of tetrazole rings is 1. The fraction of sp³-hybridized carbons (Fsp3) is 0.579. The maximum Gasteiger partial charge on any atom is 0.263 e. The van der Waals surface area contributed by atoms with Gasteiger partial charge in [0.25, 0.3) is 5.91 Å². The lowest BCUT2D eigenvalue weighted by molar-refractivity contribution is -0.137. The molecule has 1 aliphatic carbocycles. The zero-order valence-electron chi connectivity index (χ0n) is 15.7. The van der Waals surface area contributed by atoms with Gasteiger partial charge in [0.2, 0.25) is 0 Å². The number of hydrogen-bond donors (Lipinski definition) is 0. The van der Waals surface area contributed by atoms with Crippen molar-refractivity contribution in [2.24, 2.45) is 5.92 Å². The van der Waals surface area contributed by atoms with Gasteiger partial charge in [0.05, 0.1) is 5.69 Å². The van der Waals surface area contributed by atoms with E-state index in [4.69, 9.17) is 4.74 Å². The van der Waals surface area contributed by atoms with Gasteiger partial charge in [-0.05, 0) is 73.3 Å². The maximum atomic E-state index is 12.8. The van der Waals surface area contributed by atoms with Crippen LogP contribution in [0.2, 0.25) is 0 Å². The second kappa shape index (κ2) is 8.04. The summed E-state index contributed by atoms with van der Waals surface area (Å²) in [5, 5.41) is 11.1. The van der Waals surface area contributed by atoms with Crippen LogP contribution in [0, 0.1) is 5.92 Å². The molecule has 2 fully saturated rings. The summed E-state index contributed by atoms with van der Waals surface area (Å²) < 4.78 is 7.45. The molecule has 8 heteroatoms. The van der Waals surface area contributed by atoms with Gasteiger partial charge in [-0.15, -0.1) is 5.10 Å². The van der Waals surface area contributed by atoms with Gasteiger partial charge in [0.15, 0.2) is 6.10 Å². The number of carbonyl (C=O) groups excluding carboxylic acids is 1. The average molecular weight is 370 g/mol. The summed E-state index contributed by atoms with van der Waals surface area (Å²) >= 11 is 0. The Morgan fingerprint density at radius 3 is 2.70 bits per heavy atom. The third-order valence-corrected chi connectivity index (χ3v) is 5.22. The second-order valence-electron chi connectivity index (χ2n) is 7.43. The topological polar surface area (TPSA) is 76.4 Å². The highest BCUT2D eigenvalue weighted by Crippen LogP contribution is 2.30. The summed E-state index contributed by atoms with van der Waals surface area (Å²) in [6.45, 7) is 6.68. The molecule has 2 aromatic rings. The normalized spacial score (nSPS) is 19.5. The van der Waals surface area contributed by atoms with Gasteiger partial charge in [-0.2, -0.15) is 0 Å². The Morgan fingerprint density at radius 2 is 2.00 bits per heavy atom. The number of benzene rings is 1. The average Bonchev–Trinajstić information content (AvgIpc) is 3.39. The lowest BCUT2D eigenvalue weighted by atomic mass is 10.2. The lowest BCUT2D eigenvalue weighted by Crippen LogP contribution is -2.42. The highest BCUT2D eigenvalue weighted by molar-refractivity contribution is 5.81. The molecule has 144 valence electrons. The Bertz CT molecular complexity index is 744. The second-order valence-corrected chi connectivity index (χ2v) is 7.43. The van der Waals surface area contributed by atoms with E-state index in [0.717, 1.165) is 44.2 Å². The Balaban J connectivity index is 1.30. The van der Waals surface area contributed by atoms with Crippen LogP contribution in [0.3, 0.4) is 0 Å². The molecule has 8 nitrogen and oxygen atoms in total. The van der Waals surface area contributed by atoms with Crippen molar-refractivity contribution in [3.63, 3.8) is 0 Å². The molecule has 1 atom stereocenters. The SMILES string of the molecule is CC(Oc1ccc(-n2cnnn2)cc1)C(=O)N1CCCN(CC2CC2)CC1. The van der Waals surface area contributed by atoms with Crippen LogP contribution >= 0.6 is 0 Å². The molecular formula is C19H26N6O2. The predicted molar refractivity (Wildman–Crippen MR) is 99.6 cm³/mol. The largest absolute Gasteiger partial charge is 0.481 e. The van der Waals surface area contributed by atoms with Crippen molar-refractivity contribution in [1.29, 1.82) is 0 Å². The fourth-order valence-electron chi connectivity index (χ4n) is 3.51. The third-order valence-electron chi connectivity index (χ3n) is 5.22. The zero-order valence-corrected chi connectivity index (χ0v) is 15.7. The first-order chi connectivity index (χ1) is 13.2. The first-order valence-corrected chi connectivity index (χ1v) is 9.70. The number of rotatable bonds is 6. The van der Waals surface area contributed by atoms with Gasteiger partial charge < -0.3 is 14.5 Å². The van der Waals surface area contributed by atoms with E-state index in [1.807, 2.05) is 36.1 Å². The summed E-state index contributed by atoms with van der Waals surface area (Å²) in [4.78, 5) is 17.3. The summed E-state index contributed by atoms with van der Waals surface area (Å²) in [6.07, 6.45) is 4.81. The van der Waals surface area contributed by atoms with Crippen LogP contribution in [-0.4, -0.2) is 74.7 Å². The number of hydrogen-bond acceptors (Lipinski definition) is 6. The van der Waals surface area contributed by atoms with Crippen molar-refractivity contribution < 1.29 is 9.53 Å². The molecular weight excluding hydrogens is 344 g/mol. The van der Waals surface area contributed by atoms with E-state index in [1.54, 1.807) is 4.68 Å². The molecule has 4 rings (SSSR count). The molecule has 1 aliphatic heterocycles. The van der Waals surface area contributed by atoms with E-state index in [9.17, 15) is 4.79 Å². The van der Waals surface area contributed by atoms with E-state index >= 15 is 0 Å². The van der Waals surface area contributed by atoms with Crippen molar-refractivity contribution in [3.05, 3.63) is 30.6 Å². The van der Waals surface area contributed by atoms with Crippen molar-refractivity contribution in [1.82, 2.24) is 30.0 Å². The smallest absolute Gasteiger partial charge is 0.263 e. The number of ether oxygens (including phenoxy) is 1. The summed E-state index contributed by atoms with van der Waals surface area (Å²) in [5.74, 6) is 1.62. The molecule has 1 aromatic carbocycles. The monoisotopic (exact) mass is 370 g/mol. The zero-order chi connectivity index (χ0) is 18.6. The summed E-state index contributed by atoms with van der Waals surface area (Å²) in [5.41, 5.74) is 0.842. The highest BCUT2D eigenvalue weighted by atomic mass is 16.5. The Morgan fingerprint density at radius 1 is 1.19 bits per heavy atom. The lowest BCUT2D eigenvalue weighted by Gasteiger charge is -2.25. The van der Waals surface area contributed by atoms with Crippen LogP contribution in [0.5, 0.6) is 5.75 Å². The van der Waals surface area contributed by atoms with Crippen LogP contribution in [0.25, 0.3) is 5.69 Å². The van der Waals surface area contributed by atoms with Crippen LogP contribution in [0.1, 0.15) is 26.2 Å². The van der Waals surface area contributed by atoms with E-state index in [2.05, 4.69) is 20.4 Å². The van der Waals surface area contributed by atoms with Crippen LogP contribution < -0.4 is 4.74 Å². The highest BCUT2D eigenvalue weighted by Gasteiger charge is 2.28. The quantitative estimate of drug-likeness (QED) is 0.765. The molecule has 1 aromatic heterocycles. The predicted octanol–water partition coefficient (Wildman–Crippen LogP) is 1.37. The first kappa shape index (κ1) is 17.9. The van der Waals surface area contributed by atoms with E-state index in [1.165, 1.54) is 25.7 Å². The molecule has 1 amide bonds. The van der Waals surface area contributed by atoms with Gasteiger partial charge in [-0.25, -0.2) is 4.68 Å². The molecule has 0 spiro atoms. The Kier molecular flexibility index (Phi) is 5.33. The number of aromatic nitrogens is 4. The molecule has 1 unspecified atom stereocenters. The first-order valence-electron chi connectivity index (χ1n) is 9.70. The summed E-state index contributed by atoms with van der Waals surface area (Å²) in [6, 6.07) is 7.40. The molecule has 0 bridgehead atoms. The van der Waals surface area contributed by atoms with E-state index in [0.29, 0.717) is 5.75 Å². The number of nitrogens with zero attached hydrogens (tertiary/aromatic N) is 6. The minimum atomic E-state index is -0.501. The molecule has 0 radical (unpaired) electrons. The molecule has 2 heterocycles. The van der Waals surface area contributed by atoms with Crippen LogP contribution in [0.4, 0.5) is 0 Å². The maximum absolute atomic E-state index is 12.8. The van der Waals surface area contributed by atoms with E-state index in [-0.39, 0.29) is 5.91 Å². The summed E-state index contributed by atoms with van der Waals surface area (Å²) in [7, 11) is 0. The Hall–Kier alpha value is -2.48. The molecule has 2 aliphatic rings. The molecule has 27 heavy (non-hydrogen) atoms. The van der Waals surface area contributed by atoms with Crippen molar-refractivity contribution in [3.8, 4) is 11.4 Å². The van der Waals surface area contributed by atoms with Crippen LogP contribution in [0.15, 0.2) is 30.6 Å².